The van der Waals surface area contributed by atoms with E-state index in [9.17, 15) is 0 Å². The fourth-order valence-corrected chi connectivity index (χ4v) is 2.63. The molecule has 2 rings (SSSR count). The number of pyridine rings is 1. The third kappa shape index (κ3) is 2.81. The first-order valence-electron chi connectivity index (χ1n) is 4.61. The lowest BCUT2D eigenvalue weighted by Crippen LogP contribution is -1.98. The molecule has 0 bridgehead atoms. The number of thiophene rings is 1. The monoisotopic (exact) mass is 293 g/mol. The van der Waals surface area contributed by atoms with Gasteiger partial charge in [-0.25, -0.2) is 4.98 Å². The molecule has 0 aliphatic rings. The molecule has 0 amide bonds. The molecule has 80 valence electrons. The standard InChI is InChI=1S/C11H8BrN3S/c12-8-3-11(16-7-8)6-15-9-1-2-14-10(4-9)5-13/h1-4,7H,6H2,(H,14,15). The molecule has 0 spiro atoms. The van der Waals surface area contributed by atoms with Crippen molar-refractivity contribution in [3.05, 3.63) is 44.8 Å². The lowest BCUT2D eigenvalue weighted by molar-refractivity contribution is 1.17. The second kappa shape index (κ2) is 5.10. The summed E-state index contributed by atoms with van der Waals surface area (Å²) in [5.41, 5.74) is 1.34. The minimum atomic E-state index is 0.428. The molecule has 0 fully saturated rings. The Balaban J connectivity index is 2.02. The fourth-order valence-electron chi connectivity index (χ4n) is 1.24. The SMILES string of the molecule is N#Cc1cc(NCc2cc(Br)cs2)ccn1. The molecule has 16 heavy (non-hydrogen) atoms. The van der Waals surface area contributed by atoms with Crippen molar-refractivity contribution >= 4 is 33.0 Å². The van der Waals surface area contributed by atoms with Gasteiger partial charge in [0.25, 0.3) is 0 Å². The van der Waals surface area contributed by atoms with Gasteiger partial charge in [0, 0.05) is 33.2 Å². The van der Waals surface area contributed by atoms with Crippen LogP contribution >= 0.6 is 27.3 Å². The first-order valence-corrected chi connectivity index (χ1v) is 6.28. The zero-order valence-electron chi connectivity index (χ0n) is 8.27. The first-order chi connectivity index (χ1) is 7.78. The highest BCUT2D eigenvalue weighted by Gasteiger charge is 1.99. The van der Waals surface area contributed by atoms with Gasteiger partial charge in [0.15, 0.2) is 0 Å². The molecule has 0 aliphatic carbocycles. The van der Waals surface area contributed by atoms with Crippen LogP contribution in [0.5, 0.6) is 0 Å². The molecule has 0 saturated carbocycles. The number of halogens is 1. The number of hydrogen-bond acceptors (Lipinski definition) is 4. The quantitative estimate of drug-likeness (QED) is 0.944. The maximum atomic E-state index is 8.71. The van der Waals surface area contributed by atoms with Gasteiger partial charge in [-0.05, 0) is 34.1 Å². The van der Waals surface area contributed by atoms with Gasteiger partial charge in [0.1, 0.15) is 11.8 Å². The highest BCUT2D eigenvalue weighted by molar-refractivity contribution is 9.10. The number of hydrogen-bond donors (Lipinski definition) is 1. The Morgan fingerprint density at radius 3 is 3.06 bits per heavy atom. The summed E-state index contributed by atoms with van der Waals surface area (Å²) in [6.45, 7) is 0.755. The molecule has 0 aliphatic heterocycles. The zero-order valence-corrected chi connectivity index (χ0v) is 10.7. The van der Waals surface area contributed by atoms with Gasteiger partial charge in [0.05, 0.1) is 0 Å². The maximum absolute atomic E-state index is 8.71. The number of anilines is 1. The van der Waals surface area contributed by atoms with E-state index in [1.807, 2.05) is 17.5 Å². The topological polar surface area (TPSA) is 48.7 Å². The molecule has 3 nitrogen and oxygen atoms in total. The summed E-state index contributed by atoms with van der Waals surface area (Å²) >= 11 is 5.10. The smallest absolute Gasteiger partial charge is 0.142 e. The number of nitrogens with one attached hydrogen (secondary N) is 1. The molecule has 2 aromatic rings. The number of aromatic nitrogens is 1. The minimum absolute atomic E-state index is 0.428. The van der Waals surface area contributed by atoms with Crippen LogP contribution in [0.4, 0.5) is 5.69 Å². The van der Waals surface area contributed by atoms with E-state index in [4.69, 9.17) is 5.26 Å². The van der Waals surface area contributed by atoms with Crippen molar-refractivity contribution in [1.29, 1.82) is 5.26 Å². The third-order valence-corrected chi connectivity index (χ3v) is 3.66. The van der Waals surface area contributed by atoms with E-state index in [0.29, 0.717) is 5.69 Å². The van der Waals surface area contributed by atoms with Crippen molar-refractivity contribution in [2.24, 2.45) is 0 Å². The molecular weight excluding hydrogens is 286 g/mol. The van der Waals surface area contributed by atoms with Crippen LogP contribution < -0.4 is 5.32 Å². The van der Waals surface area contributed by atoms with Crippen LogP contribution in [0.25, 0.3) is 0 Å². The summed E-state index contributed by atoms with van der Waals surface area (Å²) in [6.07, 6.45) is 1.63. The number of nitriles is 1. The van der Waals surface area contributed by atoms with E-state index in [1.54, 1.807) is 23.6 Å². The Kier molecular flexibility index (Phi) is 3.54. The Labute approximate surface area is 106 Å². The molecule has 0 unspecified atom stereocenters. The van der Waals surface area contributed by atoms with Crippen molar-refractivity contribution in [2.45, 2.75) is 6.54 Å². The molecule has 2 aromatic heterocycles. The van der Waals surface area contributed by atoms with Crippen molar-refractivity contribution in [2.75, 3.05) is 5.32 Å². The molecule has 0 atom stereocenters. The van der Waals surface area contributed by atoms with Crippen molar-refractivity contribution < 1.29 is 0 Å². The number of rotatable bonds is 3. The van der Waals surface area contributed by atoms with Gasteiger partial charge in [-0.2, -0.15) is 5.26 Å². The average Bonchev–Trinajstić information content (AvgIpc) is 2.73. The van der Waals surface area contributed by atoms with Crippen LogP contribution in [-0.4, -0.2) is 4.98 Å². The van der Waals surface area contributed by atoms with Crippen LogP contribution in [0.3, 0.4) is 0 Å². The molecule has 2 heterocycles. The molecule has 5 heteroatoms. The highest BCUT2D eigenvalue weighted by Crippen LogP contribution is 2.20. The maximum Gasteiger partial charge on any atom is 0.142 e. The highest BCUT2D eigenvalue weighted by atomic mass is 79.9. The predicted molar refractivity (Wildman–Crippen MR) is 68.3 cm³/mol. The van der Waals surface area contributed by atoms with Crippen molar-refractivity contribution in [1.82, 2.24) is 4.98 Å². The second-order valence-electron chi connectivity index (χ2n) is 3.13. The van der Waals surface area contributed by atoms with Crippen molar-refractivity contribution in [3.63, 3.8) is 0 Å². The van der Waals surface area contributed by atoms with Gasteiger partial charge in [0.2, 0.25) is 0 Å². The third-order valence-electron chi connectivity index (χ3n) is 1.96. The summed E-state index contributed by atoms with van der Waals surface area (Å²) in [6, 6.07) is 7.68. The minimum Gasteiger partial charge on any atom is -0.380 e. The first kappa shape index (κ1) is 11.1. The summed E-state index contributed by atoms with van der Waals surface area (Å²) < 4.78 is 1.10. The van der Waals surface area contributed by atoms with Gasteiger partial charge >= 0.3 is 0 Å². The normalized spacial score (nSPS) is 9.75. The molecular formula is C11H8BrN3S. The molecule has 0 radical (unpaired) electrons. The zero-order chi connectivity index (χ0) is 11.4. The van der Waals surface area contributed by atoms with Crippen LogP contribution in [-0.2, 0) is 6.54 Å². The lowest BCUT2D eigenvalue weighted by atomic mass is 10.3. The van der Waals surface area contributed by atoms with Crippen LogP contribution in [0, 0.1) is 11.3 Å². The van der Waals surface area contributed by atoms with E-state index >= 15 is 0 Å². The van der Waals surface area contributed by atoms with Gasteiger partial charge in [-0.15, -0.1) is 11.3 Å². The molecule has 1 N–H and O–H groups in total. The Hall–Kier alpha value is -1.38. The fraction of sp³-hybridized carbons (Fsp3) is 0.0909. The van der Waals surface area contributed by atoms with E-state index in [2.05, 4.69) is 32.3 Å². The summed E-state index contributed by atoms with van der Waals surface area (Å²) in [5, 5.41) is 14.0. The van der Waals surface area contributed by atoms with Crippen molar-refractivity contribution in [3.8, 4) is 6.07 Å². The Bertz CT molecular complexity index is 530. The predicted octanol–water partition coefficient (Wildman–Crippen LogP) is 3.39. The summed E-state index contributed by atoms with van der Waals surface area (Å²) in [7, 11) is 0. The lowest BCUT2D eigenvalue weighted by Gasteiger charge is -2.03. The Morgan fingerprint density at radius 2 is 2.38 bits per heavy atom. The largest absolute Gasteiger partial charge is 0.380 e. The van der Waals surface area contributed by atoms with E-state index < -0.39 is 0 Å². The molecule has 0 saturated heterocycles. The van der Waals surface area contributed by atoms with Gasteiger partial charge in [-0.3, -0.25) is 0 Å². The van der Waals surface area contributed by atoms with Crippen LogP contribution in [0.1, 0.15) is 10.6 Å². The second-order valence-corrected chi connectivity index (χ2v) is 5.04. The summed E-state index contributed by atoms with van der Waals surface area (Å²) in [5.74, 6) is 0. The molecule has 0 aromatic carbocycles. The number of nitrogens with zero attached hydrogens (tertiary/aromatic N) is 2. The van der Waals surface area contributed by atoms with Gasteiger partial charge < -0.3 is 5.32 Å². The summed E-state index contributed by atoms with van der Waals surface area (Å²) in [4.78, 5) is 5.15. The van der Waals surface area contributed by atoms with Gasteiger partial charge in [-0.1, -0.05) is 0 Å². The Morgan fingerprint density at radius 1 is 1.50 bits per heavy atom. The van der Waals surface area contributed by atoms with E-state index in [-0.39, 0.29) is 0 Å². The van der Waals surface area contributed by atoms with Crippen LogP contribution in [0.15, 0.2) is 34.2 Å². The van der Waals surface area contributed by atoms with Crippen LogP contribution in [0.2, 0.25) is 0 Å². The van der Waals surface area contributed by atoms with E-state index in [0.717, 1.165) is 16.7 Å². The van der Waals surface area contributed by atoms with E-state index in [1.165, 1.54) is 4.88 Å². The average molecular weight is 294 g/mol.